The van der Waals surface area contributed by atoms with Gasteiger partial charge in [0.25, 0.3) is 0 Å². The third-order valence-corrected chi connectivity index (χ3v) is 4.70. The molecule has 1 fully saturated rings. The van der Waals surface area contributed by atoms with Gasteiger partial charge in [-0.2, -0.15) is 4.37 Å². The average molecular weight is 288 g/mol. The van der Waals surface area contributed by atoms with E-state index in [2.05, 4.69) is 38.5 Å². The van der Waals surface area contributed by atoms with E-state index in [0.29, 0.717) is 5.92 Å². The van der Waals surface area contributed by atoms with Crippen molar-refractivity contribution < 1.29 is 0 Å². The van der Waals surface area contributed by atoms with Gasteiger partial charge in [0, 0.05) is 31.0 Å². The number of aromatic nitrogens is 2. The van der Waals surface area contributed by atoms with E-state index >= 15 is 0 Å². The zero-order valence-electron chi connectivity index (χ0n) is 11.5. The average Bonchev–Trinajstić information content (AvgIpc) is 2.97. The molecule has 3 rings (SSSR count). The van der Waals surface area contributed by atoms with Gasteiger partial charge in [0.2, 0.25) is 5.13 Å². The molecule has 20 heavy (non-hydrogen) atoms. The predicted molar refractivity (Wildman–Crippen MR) is 83.1 cm³/mol. The normalized spacial score (nSPS) is 16.6. The first-order valence-electron chi connectivity index (χ1n) is 7.16. The Bertz CT molecular complexity index is 532. The molecule has 2 N–H and O–H groups in total. The quantitative estimate of drug-likeness (QED) is 0.938. The van der Waals surface area contributed by atoms with Crippen molar-refractivity contribution in [3.63, 3.8) is 0 Å². The van der Waals surface area contributed by atoms with Crippen LogP contribution in [0.4, 0.5) is 5.13 Å². The van der Waals surface area contributed by atoms with Gasteiger partial charge in [0.05, 0.1) is 0 Å². The lowest BCUT2D eigenvalue weighted by Gasteiger charge is -2.30. The van der Waals surface area contributed by atoms with Gasteiger partial charge in [-0.3, -0.25) is 0 Å². The number of hydrogen-bond acceptors (Lipinski definition) is 5. The molecule has 5 heteroatoms. The Morgan fingerprint density at radius 1 is 1.20 bits per heavy atom. The standard InChI is InChI=1S/C15H20N4S/c16-11-13-6-8-19(9-7-13)15-17-14(18-20-15)10-12-4-2-1-3-5-12/h1-5,13H,6-11,16H2. The molecule has 0 saturated carbocycles. The fraction of sp³-hybridized carbons (Fsp3) is 0.467. The SMILES string of the molecule is NCC1CCN(c2nc(Cc3ccccc3)ns2)CC1. The highest BCUT2D eigenvalue weighted by molar-refractivity contribution is 7.09. The summed E-state index contributed by atoms with van der Waals surface area (Å²) < 4.78 is 4.49. The maximum Gasteiger partial charge on any atom is 0.205 e. The minimum absolute atomic E-state index is 0.683. The van der Waals surface area contributed by atoms with E-state index in [9.17, 15) is 0 Å². The van der Waals surface area contributed by atoms with Crippen LogP contribution in [0.5, 0.6) is 0 Å². The number of nitrogens with two attached hydrogens (primary N) is 1. The second-order valence-electron chi connectivity index (χ2n) is 5.32. The van der Waals surface area contributed by atoms with Gasteiger partial charge in [-0.25, -0.2) is 4.98 Å². The van der Waals surface area contributed by atoms with Crippen LogP contribution in [0.15, 0.2) is 30.3 Å². The largest absolute Gasteiger partial charge is 0.347 e. The van der Waals surface area contributed by atoms with Gasteiger partial charge in [0.15, 0.2) is 0 Å². The molecule has 0 radical (unpaired) electrons. The van der Waals surface area contributed by atoms with Crippen molar-refractivity contribution in [3.05, 3.63) is 41.7 Å². The monoisotopic (exact) mass is 288 g/mol. The predicted octanol–water partition coefficient (Wildman–Crippen LogP) is 2.30. The number of rotatable bonds is 4. The molecule has 2 aromatic rings. The second kappa shape index (κ2) is 6.33. The summed E-state index contributed by atoms with van der Waals surface area (Å²) in [5.41, 5.74) is 7.00. The number of anilines is 1. The van der Waals surface area contributed by atoms with Crippen LogP contribution in [-0.2, 0) is 6.42 Å². The number of piperidine rings is 1. The summed E-state index contributed by atoms with van der Waals surface area (Å²) in [6.45, 7) is 2.92. The van der Waals surface area contributed by atoms with Crippen molar-refractivity contribution in [1.29, 1.82) is 0 Å². The maximum atomic E-state index is 5.73. The number of hydrogen-bond donors (Lipinski definition) is 1. The summed E-state index contributed by atoms with van der Waals surface area (Å²) in [6.07, 6.45) is 3.16. The van der Waals surface area contributed by atoms with Gasteiger partial charge >= 0.3 is 0 Å². The first kappa shape index (κ1) is 13.5. The first-order chi connectivity index (χ1) is 9.85. The van der Waals surface area contributed by atoms with E-state index < -0.39 is 0 Å². The molecule has 1 saturated heterocycles. The Morgan fingerprint density at radius 3 is 2.65 bits per heavy atom. The van der Waals surface area contributed by atoms with Crippen molar-refractivity contribution >= 4 is 16.7 Å². The molecular weight excluding hydrogens is 268 g/mol. The van der Waals surface area contributed by atoms with Gasteiger partial charge in [-0.15, -0.1) is 0 Å². The Hall–Kier alpha value is -1.46. The maximum absolute atomic E-state index is 5.73. The fourth-order valence-corrected chi connectivity index (χ4v) is 3.32. The lowest BCUT2D eigenvalue weighted by Crippen LogP contribution is -2.36. The van der Waals surface area contributed by atoms with Crippen LogP contribution in [0, 0.1) is 5.92 Å². The minimum atomic E-state index is 0.683. The molecule has 1 aliphatic heterocycles. The third-order valence-electron chi connectivity index (χ3n) is 3.88. The summed E-state index contributed by atoms with van der Waals surface area (Å²) in [5.74, 6) is 1.61. The van der Waals surface area contributed by atoms with Gasteiger partial charge in [-0.05, 0) is 30.9 Å². The molecule has 1 aliphatic rings. The zero-order valence-corrected chi connectivity index (χ0v) is 12.4. The van der Waals surface area contributed by atoms with E-state index in [-0.39, 0.29) is 0 Å². The number of benzene rings is 1. The zero-order chi connectivity index (χ0) is 13.8. The molecule has 0 unspecified atom stereocenters. The van der Waals surface area contributed by atoms with Crippen LogP contribution in [0.3, 0.4) is 0 Å². The highest BCUT2D eigenvalue weighted by Crippen LogP contribution is 2.24. The fourth-order valence-electron chi connectivity index (χ4n) is 2.58. The Labute approximate surface area is 123 Å². The summed E-state index contributed by atoms with van der Waals surface area (Å²) >= 11 is 1.52. The molecule has 1 aromatic carbocycles. The summed E-state index contributed by atoms with van der Waals surface area (Å²) in [5, 5.41) is 1.06. The van der Waals surface area contributed by atoms with Crippen LogP contribution in [-0.4, -0.2) is 29.0 Å². The summed E-state index contributed by atoms with van der Waals surface area (Å²) in [4.78, 5) is 7.03. The molecule has 0 aliphatic carbocycles. The van der Waals surface area contributed by atoms with Crippen LogP contribution in [0.25, 0.3) is 0 Å². The Morgan fingerprint density at radius 2 is 1.95 bits per heavy atom. The van der Waals surface area contributed by atoms with Crippen LogP contribution in [0.2, 0.25) is 0 Å². The molecule has 0 bridgehead atoms. The van der Waals surface area contributed by atoms with Crippen molar-refractivity contribution in [2.75, 3.05) is 24.5 Å². The highest BCUT2D eigenvalue weighted by atomic mass is 32.1. The molecule has 106 valence electrons. The van der Waals surface area contributed by atoms with Crippen LogP contribution in [0.1, 0.15) is 24.2 Å². The first-order valence-corrected chi connectivity index (χ1v) is 7.94. The van der Waals surface area contributed by atoms with Crippen molar-refractivity contribution in [2.45, 2.75) is 19.3 Å². The molecule has 0 amide bonds. The van der Waals surface area contributed by atoms with Crippen molar-refractivity contribution in [2.24, 2.45) is 11.7 Å². The van der Waals surface area contributed by atoms with E-state index in [4.69, 9.17) is 5.73 Å². The molecule has 0 spiro atoms. The summed E-state index contributed by atoms with van der Waals surface area (Å²) in [6, 6.07) is 10.4. The summed E-state index contributed by atoms with van der Waals surface area (Å²) in [7, 11) is 0. The van der Waals surface area contributed by atoms with E-state index in [0.717, 1.165) is 37.0 Å². The van der Waals surface area contributed by atoms with Crippen LogP contribution < -0.4 is 10.6 Å². The topological polar surface area (TPSA) is 55.0 Å². The third kappa shape index (κ3) is 3.16. The molecule has 0 atom stereocenters. The van der Waals surface area contributed by atoms with E-state index in [1.807, 2.05) is 6.07 Å². The van der Waals surface area contributed by atoms with Gasteiger partial charge in [0.1, 0.15) is 5.82 Å². The number of nitrogens with zero attached hydrogens (tertiary/aromatic N) is 3. The highest BCUT2D eigenvalue weighted by Gasteiger charge is 2.20. The van der Waals surface area contributed by atoms with Gasteiger partial charge in [-0.1, -0.05) is 30.3 Å². The van der Waals surface area contributed by atoms with Gasteiger partial charge < -0.3 is 10.6 Å². The van der Waals surface area contributed by atoms with Crippen molar-refractivity contribution in [1.82, 2.24) is 9.36 Å². The van der Waals surface area contributed by atoms with E-state index in [1.54, 1.807) is 0 Å². The minimum Gasteiger partial charge on any atom is -0.347 e. The lowest BCUT2D eigenvalue weighted by atomic mass is 9.98. The Kier molecular flexibility index (Phi) is 4.28. The smallest absolute Gasteiger partial charge is 0.205 e. The molecule has 1 aromatic heterocycles. The molecule has 2 heterocycles. The second-order valence-corrected chi connectivity index (χ2v) is 6.05. The van der Waals surface area contributed by atoms with Crippen LogP contribution >= 0.6 is 11.5 Å². The molecular formula is C15H20N4S. The van der Waals surface area contributed by atoms with E-state index in [1.165, 1.54) is 29.9 Å². The van der Waals surface area contributed by atoms with Crippen molar-refractivity contribution in [3.8, 4) is 0 Å². The lowest BCUT2D eigenvalue weighted by molar-refractivity contribution is 0.414. The Balaban J connectivity index is 1.62. The molecule has 4 nitrogen and oxygen atoms in total.